The summed E-state index contributed by atoms with van der Waals surface area (Å²) in [7, 11) is 0. The fourth-order valence-electron chi connectivity index (χ4n) is 2.06. The van der Waals surface area contributed by atoms with Gasteiger partial charge in [-0.25, -0.2) is 0 Å². The molecule has 6 heteroatoms. The van der Waals surface area contributed by atoms with Crippen LogP contribution in [0.25, 0.3) is 0 Å². The van der Waals surface area contributed by atoms with Crippen LogP contribution >= 0.6 is 0 Å². The van der Waals surface area contributed by atoms with Crippen molar-refractivity contribution >= 4 is 23.5 Å². The van der Waals surface area contributed by atoms with E-state index in [0.29, 0.717) is 5.56 Å². The summed E-state index contributed by atoms with van der Waals surface area (Å²) in [5.74, 6) is -1.58. The third-order valence-corrected chi connectivity index (χ3v) is 3.10. The van der Waals surface area contributed by atoms with Gasteiger partial charge in [-0.3, -0.25) is 24.5 Å². The molecule has 0 saturated carbocycles. The molecule has 6 nitrogen and oxygen atoms in total. The van der Waals surface area contributed by atoms with Gasteiger partial charge < -0.3 is 5.32 Å². The maximum absolute atomic E-state index is 12.1. The highest BCUT2D eigenvalue weighted by atomic mass is 16.2. The fourth-order valence-corrected chi connectivity index (χ4v) is 2.06. The minimum Gasteiger partial charge on any atom is -0.340 e. The Hall–Kier alpha value is -2.50. The molecule has 0 spiro atoms. The van der Waals surface area contributed by atoms with Gasteiger partial charge in [-0.05, 0) is 19.4 Å². The van der Waals surface area contributed by atoms with Crippen molar-refractivity contribution in [2.75, 3.05) is 0 Å². The maximum atomic E-state index is 12.1. The molecular formula is C14H14N2O4. The van der Waals surface area contributed by atoms with Crippen LogP contribution in [0.3, 0.4) is 0 Å². The smallest absolute Gasteiger partial charge is 0.252 e. The van der Waals surface area contributed by atoms with E-state index in [0.717, 1.165) is 0 Å². The van der Waals surface area contributed by atoms with Crippen molar-refractivity contribution in [1.29, 1.82) is 0 Å². The molecular weight excluding hydrogens is 260 g/mol. The molecule has 1 aromatic carbocycles. The lowest BCUT2D eigenvalue weighted by atomic mass is 10.0. The van der Waals surface area contributed by atoms with E-state index in [1.165, 1.54) is 13.0 Å². The number of ketones is 1. The first-order valence-corrected chi connectivity index (χ1v) is 6.23. The predicted octanol–water partition coefficient (Wildman–Crippen LogP) is 0.424. The minimum absolute atomic E-state index is 0.186. The van der Waals surface area contributed by atoms with Gasteiger partial charge in [0.2, 0.25) is 11.8 Å². The van der Waals surface area contributed by atoms with E-state index in [9.17, 15) is 19.2 Å². The Morgan fingerprint density at radius 2 is 1.85 bits per heavy atom. The number of piperidine rings is 1. The van der Waals surface area contributed by atoms with Crippen molar-refractivity contribution in [3.05, 3.63) is 35.4 Å². The van der Waals surface area contributed by atoms with Crippen molar-refractivity contribution in [2.45, 2.75) is 25.8 Å². The van der Waals surface area contributed by atoms with E-state index < -0.39 is 17.9 Å². The van der Waals surface area contributed by atoms with Gasteiger partial charge in [-0.2, -0.15) is 0 Å². The Bertz CT molecular complexity index is 595. The van der Waals surface area contributed by atoms with Crippen molar-refractivity contribution in [2.24, 2.45) is 0 Å². The molecule has 20 heavy (non-hydrogen) atoms. The van der Waals surface area contributed by atoms with Crippen LogP contribution < -0.4 is 10.6 Å². The van der Waals surface area contributed by atoms with Crippen LogP contribution in [-0.2, 0) is 9.59 Å². The lowest BCUT2D eigenvalue weighted by Gasteiger charge is -2.22. The molecule has 104 valence electrons. The quantitative estimate of drug-likeness (QED) is 0.617. The Kier molecular flexibility index (Phi) is 3.93. The Morgan fingerprint density at radius 1 is 1.20 bits per heavy atom. The molecule has 1 unspecified atom stereocenters. The zero-order valence-corrected chi connectivity index (χ0v) is 10.9. The average molecular weight is 274 g/mol. The maximum Gasteiger partial charge on any atom is 0.252 e. The average Bonchev–Trinajstić information content (AvgIpc) is 2.41. The molecule has 1 saturated heterocycles. The number of amides is 3. The topological polar surface area (TPSA) is 92.3 Å². The van der Waals surface area contributed by atoms with Gasteiger partial charge in [0.25, 0.3) is 5.91 Å². The van der Waals surface area contributed by atoms with Crippen LogP contribution in [0.4, 0.5) is 0 Å². The monoisotopic (exact) mass is 274 g/mol. The number of Topliss-reactive ketones (excluding diaryl/α,β-unsaturated/α-hetero) is 1. The van der Waals surface area contributed by atoms with E-state index in [1.54, 1.807) is 18.2 Å². The van der Waals surface area contributed by atoms with Gasteiger partial charge in [-0.1, -0.05) is 18.2 Å². The number of hydrogen-bond acceptors (Lipinski definition) is 4. The summed E-state index contributed by atoms with van der Waals surface area (Å²) in [4.78, 5) is 46.2. The van der Waals surface area contributed by atoms with Crippen molar-refractivity contribution in [1.82, 2.24) is 10.6 Å². The molecule has 1 heterocycles. The molecule has 0 radical (unpaired) electrons. The van der Waals surface area contributed by atoms with E-state index in [4.69, 9.17) is 0 Å². The first-order chi connectivity index (χ1) is 9.49. The molecule has 1 aromatic rings. The van der Waals surface area contributed by atoms with Gasteiger partial charge in [0.15, 0.2) is 5.78 Å². The number of nitrogens with one attached hydrogen (secondary N) is 2. The molecule has 3 amide bonds. The standard InChI is InChI=1S/C14H14N2O4/c1-8(17)9-4-2-3-5-10(9)13(19)15-11-6-7-12(18)16-14(11)20/h2-5,11H,6-7H2,1H3,(H,15,19)(H,16,18,20). The highest BCUT2D eigenvalue weighted by Gasteiger charge is 2.28. The second-order valence-electron chi connectivity index (χ2n) is 4.58. The number of hydrogen-bond donors (Lipinski definition) is 2. The Morgan fingerprint density at radius 3 is 2.45 bits per heavy atom. The zero-order chi connectivity index (χ0) is 14.7. The highest BCUT2D eigenvalue weighted by molar-refractivity contribution is 6.09. The summed E-state index contributed by atoms with van der Waals surface area (Å²) < 4.78 is 0. The number of benzene rings is 1. The summed E-state index contributed by atoms with van der Waals surface area (Å²) in [5.41, 5.74) is 0.530. The van der Waals surface area contributed by atoms with E-state index in [-0.39, 0.29) is 30.1 Å². The summed E-state index contributed by atoms with van der Waals surface area (Å²) in [6, 6.07) is 5.64. The molecule has 0 aromatic heterocycles. The molecule has 1 aliphatic rings. The molecule has 0 aliphatic carbocycles. The highest BCUT2D eigenvalue weighted by Crippen LogP contribution is 2.11. The molecule has 1 aliphatic heterocycles. The van der Waals surface area contributed by atoms with Crippen LogP contribution in [0.15, 0.2) is 24.3 Å². The largest absolute Gasteiger partial charge is 0.340 e. The van der Waals surface area contributed by atoms with Crippen molar-refractivity contribution in [3.63, 3.8) is 0 Å². The summed E-state index contributed by atoms with van der Waals surface area (Å²) in [6.07, 6.45) is 0.448. The first kappa shape index (κ1) is 13.9. The van der Waals surface area contributed by atoms with E-state index in [2.05, 4.69) is 10.6 Å². The van der Waals surface area contributed by atoms with Crippen LogP contribution in [-0.4, -0.2) is 29.5 Å². The molecule has 2 rings (SSSR count). The lowest BCUT2D eigenvalue weighted by molar-refractivity contribution is -0.134. The third kappa shape index (κ3) is 2.90. The van der Waals surface area contributed by atoms with Gasteiger partial charge >= 0.3 is 0 Å². The van der Waals surface area contributed by atoms with Crippen LogP contribution in [0.2, 0.25) is 0 Å². The van der Waals surface area contributed by atoms with Gasteiger partial charge in [-0.15, -0.1) is 0 Å². The van der Waals surface area contributed by atoms with E-state index >= 15 is 0 Å². The molecule has 1 atom stereocenters. The lowest BCUT2D eigenvalue weighted by Crippen LogP contribution is -2.52. The zero-order valence-electron chi connectivity index (χ0n) is 10.9. The number of rotatable bonds is 3. The Labute approximate surface area is 115 Å². The van der Waals surface area contributed by atoms with Crippen LogP contribution in [0.1, 0.15) is 40.5 Å². The minimum atomic E-state index is -0.750. The molecule has 0 bridgehead atoms. The Balaban J connectivity index is 2.15. The summed E-state index contributed by atoms with van der Waals surface area (Å²) in [6.45, 7) is 1.37. The summed E-state index contributed by atoms with van der Waals surface area (Å²) >= 11 is 0. The van der Waals surface area contributed by atoms with Crippen molar-refractivity contribution in [3.8, 4) is 0 Å². The van der Waals surface area contributed by atoms with Crippen molar-refractivity contribution < 1.29 is 19.2 Å². The van der Waals surface area contributed by atoms with Crippen LogP contribution in [0.5, 0.6) is 0 Å². The number of carbonyl (C=O) groups excluding carboxylic acids is 4. The first-order valence-electron chi connectivity index (χ1n) is 6.23. The fraction of sp³-hybridized carbons (Fsp3) is 0.286. The second-order valence-corrected chi connectivity index (χ2v) is 4.58. The normalized spacial score (nSPS) is 18.4. The third-order valence-electron chi connectivity index (χ3n) is 3.10. The van der Waals surface area contributed by atoms with Gasteiger partial charge in [0, 0.05) is 12.0 Å². The molecule has 2 N–H and O–H groups in total. The van der Waals surface area contributed by atoms with E-state index in [1.807, 2.05) is 0 Å². The SMILES string of the molecule is CC(=O)c1ccccc1C(=O)NC1CCC(=O)NC1=O. The number of imide groups is 1. The summed E-state index contributed by atoms with van der Waals surface area (Å²) in [5, 5.41) is 4.71. The molecule has 1 fully saturated rings. The predicted molar refractivity (Wildman–Crippen MR) is 70.1 cm³/mol. The van der Waals surface area contributed by atoms with Gasteiger partial charge in [0.05, 0.1) is 5.56 Å². The number of carbonyl (C=O) groups is 4. The second kappa shape index (κ2) is 5.64. The van der Waals surface area contributed by atoms with Crippen LogP contribution in [0, 0.1) is 0 Å². The van der Waals surface area contributed by atoms with Gasteiger partial charge in [0.1, 0.15) is 6.04 Å².